The quantitative estimate of drug-likeness (QED) is 0.293. The smallest absolute Gasteiger partial charge is 0.246 e. The van der Waals surface area contributed by atoms with Crippen LogP contribution < -0.4 is 5.73 Å². The largest absolute Gasteiger partial charge is 0.330 e. The van der Waals surface area contributed by atoms with Gasteiger partial charge in [-0.3, -0.25) is 14.8 Å². The average Bonchev–Trinajstić information content (AvgIpc) is 2.48. The molecular weight excluding hydrogens is 268 g/mol. The summed E-state index contributed by atoms with van der Waals surface area (Å²) in [5, 5.41) is 10.3. The number of nitrogens with zero attached hydrogens (tertiary/aromatic N) is 1. The van der Waals surface area contributed by atoms with Crippen molar-refractivity contribution < 1.29 is 14.8 Å². The van der Waals surface area contributed by atoms with Crippen LogP contribution in [0.5, 0.6) is 0 Å². The first-order valence-corrected chi connectivity index (χ1v) is 8.32. The molecule has 5 nitrogen and oxygen atoms in total. The summed E-state index contributed by atoms with van der Waals surface area (Å²) in [5.74, 6) is -0.238. The zero-order chi connectivity index (χ0) is 15.9. The van der Waals surface area contributed by atoms with E-state index >= 15 is 0 Å². The first-order chi connectivity index (χ1) is 10.1. The molecule has 0 bridgehead atoms. The first-order valence-electron chi connectivity index (χ1n) is 8.32. The van der Waals surface area contributed by atoms with Crippen LogP contribution in [0.3, 0.4) is 0 Å². The maximum atomic E-state index is 11.6. The second-order valence-corrected chi connectivity index (χ2v) is 5.57. The Morgan fingerprint density at radius 1 is 0.905 bits per heavy atom. The Morgan fingerprint density at radius 3 is 2.24 bits per heavy atom. The summed E-state index contributed by atoms with van der Waals surface area (Å²) >= 11 is 0. The molecule has 5 heteroatoms. The number of unbranched alkanes of at least 4 members (excludes halogenated alkanes) is 6. The molecule has 124 valence electrons. The van der Waals surface area contributed by atoms with Crippen molar-refractivity contribution in [2.45, 2.75) is 77.6 Å². The van der Waals surface area contributed by atoms with Gasteiger partial charge in [0.1, 0.15) is 5.78 Å². The van der Waals surface area contributed by atoms with E-state index in [1.165, 1.54) is 19.3 Å². The van der Waals surface area contributed by atoms with E-state index in [2.05, 4.69) is 6.92 Å². The van der Waals surface area contributed by atoms with Gasteiger partial charge in [0.25, 0.3) is 0 Å². The molecule has 0 aromatic heterocycles. The van der Waals surface area contributed by atoms with Gasteiger partial charge in [0.2, 0.25) is 5.91 Å². The zero-order valence-electron chi connectivity index (χ0n) is 13.5. The van der Waals surface area contributed by atoms with Gasteiger partial charge < -0.3 is 5.73 Å². The molecule has 0 unspecified atom stereocenters. The Kier molecular flexibility index (Phi) is 13.4. The molecule has 0 aliphatic heterocycles. The van der Waals surface area contributed by atoms with Gasteiger partial charge in [0.15, 0.2) is 0 Å². The summed E-state index contributed by atoms with van der Waals surface area (Å²) in [5.41, 5.74) is 5.37. The maximum absolute atomic E-state index is 11.6. The lowest BCUT2D eigenvalue weighted by Gasteiger charge is -2.14. The molecule has 1 amide bonds. The molecule has 0 aliphatic carbocycles. The van der Waals surface area contributed by atoms with Crippen LogP contribution in [0.1, 0.15) is 77.6 Å². The van der Waals surface area contributed by atoms with Crippen molar-refractivity contribution in [1.82, 2.24) is 5.06 Å². The Hall–Kier alpha value is -0.940. The van der Waals surface area contributed by atoms with Gasteiger partial charge in [-0.2, -0.15) is 0 Å². The third kappa shape index (κ3) is 12.5. The molecule has 0 atom stereocenters. The van der Waals surface area contributed by atoms with Crippen molar-refractivity contribution in [1.29, 1.82) is 0 Å². The number of carbonyl (C=O) groups is 2. The molecule has 0 heterocycles. The number of hydrogen-bond donors (Lipinski definition) is 2. The van der Waals surface area contributed by atoms with Crippen LogP contribution in [0.4, 0.5) is 0 Å². The van der Waals surface area contributed by atoms with Crippen LogP contribution in [0, 0.1) is 0 Å². The van der Waals surface area contributed by atoms with Crippen molar-refractivity contribution in [3.05, 3.63) is 0 Å². The highest BCUT2D eigenvalue weighted by Crippen LogP contribution is 2.08. The zero-order valence-corrected chi connectivity index (χ0v) is 13.5. The molecule has 0 fully saturated rings. The van der Waals surface area contributed by atoms with E-state index in [4.69, 9.17) is 5.73 Å². The van der Waals surface area contributed by atoms with Crippen LogP contribution >= 0.6 is 0 Å². The van der Waals surface area contributed by atoms with E-state index in [9.17, 15) is 14.8 Å². The Bertz CT molecular complexity index is 283. The minimum Gasteiger partial charge on any atom is -0.330 e. The molecule has 0 aliphatic rings. The molecule has 0 spiro atoms. The van der Waals surface area contributed by atoms with Crippen molar-refractivity contribution in [2.75, 3.05) is 13.1 Å². The van der Waals surface area contributed by atoms with E-state index in [1.54, 1.807) is 0 Å². The number of amides is 1. The fraction of sp³-hybridized carbons (Fsp3) is 0.875. The molecular formula is C16H32N2O3. The van der Waals surface area contributed by atoms with Crippen LogP contribution in [0.2, 0.25) is 0 Å². The van der Waals surface area contributed by atoms with E-state index in [0.717, 1.165) is 37.2 Å². The lowest BCUT2D eigenvalue weighted by molar-refractivity contribution is -0.166. The summed E-state index contributed by atoms with van der Waals surface area (Å²) in [6, 6.07) is 0. The average molecular weight is 300 g/mol. The highest BCUT2D eigenvalue weighted by molar-refractivity contribution is 5.84. The number of ketones is 1. The predicted octanol–water partition coefficient (Wildman–Crippen LogP) is 3.04. The molecule has 0 aromatic carbocycles. The molecule has 21 heavy (non-hydrogen) atoms. The Morgan fingerprint density at radius 2 is 1.57 bits per heavy atom. The minimum atomic E-state index is -0.359. The van der Waals surface area contributed by atoms with Gasteiger partial charge in [-0.15, -0.1) is 0 Å². The minimum absolute atomic E-state index is 0.112. The molecule has 3 N–H and O–H groups in total. The summed E-state index contributed by atoms with van der Waals surface area (Å²) in [6.07, 6.45) is 9.04. The van der Waals surface area contributed by atoms with Crippen molar-refractivity contribution >= 4 is 11.7 Å². The number of rotatable bonds is 14. The Balaban J connectivity index is 3.59. The van der Waals surface area contributed by atoms with Crippen molar-refractivity contribution in [3.8, 4) is 0 Å². The maximum Gasteiger partial charge on any atom is 0.246 e. The van der Waals surface area contributed by atoms with E-state index in [-0.39, 0.29) is 24.5 Å². The Labute approximate surface area is 128 Å². The van der Waals surface area contributed by atoms with Crippen LogP contribution in [-0.2, 0) is 9.59 Å². The summed E-state index contributed by atoms with van der Waals surface area (Å²) < 4.78 is 0. The summed E-state index contributed by atoms with van der Waals surface area (Å²) in [7, 11) is 0. The highest BCUT2D eigenvalue weighted by Gasteiger charge is 2.12. The fourth-order valence-electron chi connectivity index (χ4n) is 2.13. The van der Waals surface area contributed by atoms with Gasteiger partial charge in [-0.25, -0.2) is 5.06 Å². The predicted molar refractivity (Wildman–Crippen MR) is 84.0 cm³/mol. The van der Waals surface area contributed by atoms with E-state index in [0.29, 0.717) is 19.5 Å². The number of hydroxylamine groups is 2. The van der Waals surface area contributed by atoms with E-state index < -0.39 is 0 Å². The number of nitrogens with two attached hydrogens (primary N) is 1. The molecule has 0 saturated heterocycles. The third-order valence-electron chi connectivity index (χ3n) is 3.54. The van der Waals surface area contributed by atoms with Crippen LogP contribution in [0.15, 0.2) is 0 Å². The van der Waals surface area contributed by atoms with Crippen LogP contribution in [-0.4, -0.2) is 35.1 Å². The van der Waals surface area contributed by atoms with E-state index in [1.807, 2.05) is 0 Å². The van der Waals surface area contributed by atoms with Crippen molar-refractivity contribution in [3.63, 3.8) is 0 Å². The summed E-state index contributed by atoms with van der Waals surface area (Å²) in [6.45, 7) is 3.11. The molecule has 0 radical (unpaired) electrons. The van der Waals surface area contributed by atoms with Crippen LogP contribution in [0.25, 0.3) is 0 Å². The van der Waals surface area contributed by atoms with Gasteiger partial charge in [0, 0.05) is 25.8 Å². The van der Waals surface area contributed by atoms with Gasteiger partial charge >= 0.3 is 0 Å². The SMILES string of the molecule is CCCCCCCC(=O)CCC(=O)N(O)CCCCCN. The van der Waals surface area contributed by atoms with Crippen molar-refractivity contribution in [2.24, 2.45) is 5.73 Å². The molecule has 0 aromatic rings. The number of Topliss-reactive ketones (excluding diaryl/α,β-unsaturated/α-hetero) is 1. The molecule has 0 rings (SSSR count). The fourth-order valence-corrected chi connectivity index (χ4v) is 2.13. The molecule has 0 saturated carbocycles. The second kappa shape index (κ2) is 14.0. The lowest BCUT2D eigenvalue weighted by atomic mass is 10.1. The normalized spacial score (nSPS) is 10.6. The lowest BCUT2D eigenvalue weighted by Crippen LogP contribution is -2.28. The van der Waals surface area contributed by atoms with Gasteiger partial charge in [-0.05, 0) is 25.8 Å². The number of hydrogen-bond acceptors (Lipinski definition) is 4. The van der Waals surface area contributed by atoms with Gasteiger partial charge in [0.05, 0.1) is 0 Å². The topological polar surface area (TPSA) is 83.6 Å². The highest BCUT2D eigenvalue weighted by atomic mass is 16.5. The number of carbonyl (C=O) groups excluding carboxylic acids is 2. The second-order valence-electron chi connectivity index (χ2n) is 5.57. The first kappa shape index (κ1) is 20.1. The third-order valence-corrected chi connectivity index (χ3v) is 3.54. The standard InChI is InChI=1S/C16H32N2O3/c1-2-3-4-5-7-10-15(19)11-12-16(20)18(21)14-9-6-8-13-17/h21H,2-14,17H2,1H3. The van der Waals surface area contributed by atoms with Gasteiger partial charge in [-0.1, -0.05) is 39.0 Å². The monoisotopic (exact) mass is 300 g/mol. The summed E-state index contributed by atoms with van der Waals surface area (Å²) in [4.78, 5) is 23.3.